The van der Waals surface area contributed by atoms with Gasteiger partial charge in [0.1, 0.15) is 11.8 Å². The molecule has 0 saturated carbocycles. The highest BCUT2D eigenvalue weighted by molar-refractivity contribution is 5.88. The van der Waals surface area contributed by atoms with E-state index in [1.165, 1.54) is 0 Å². The number of likely N-dealkylation sites (N-methyl/N-ethyl adjacent to an activating group) is 1. The summed E-state index contributed by atoms with van der Waals surface area (Å²) in [6.07, 6.45) is 0.418. The maximum absolute atomic E-state index is 13.5. The summed E-state index contributed by atoms with van der Waals surface area (Å²) in [6, 6.07) is 22.9. The Morgan fingerprint density at radius 2 is 1.61 bits per heavy atom. The topological polar surface area (TPSA) is 58.6 Å². The Balaban J connectivity index is 1.89. The van der Waals surface area contributed by atoms with Crippen molar-refractivity contribution < 1.29 is 14.3 Å². The van der Waals surface area contributed by atoms with Crippen molar-refractivity contribution in [1.82, 2.24) is 10.2 Å². The molecule has 0 heterocycles. The molecule has 0 aliphatic carbocycles. The van der Waals surface area contributed by atoms with Gasteiger partial charge in [-0.3, -0.25) is 9.59 Å². The standard InChI is InChI=1S/C28H32N2O3/c1-20-10-8-14-24(16-20)18-30(25(28(32)29-4)17-23-12-6-5-7-13-23)27(31)19-33-26-15-9-11-21(2)22(26)3/h5-16,25H,17-19H2,1-4H3,(H,29,32). The molecule has 3 aromatic rings. The molecule has 0 fully saturated rings. The molecule has 0 bridgehead atoms. The molecular weight excluding hydrogens is 412 g/mol. The number of hydrogen-bond donors (Lipinski definition) is 1. The number of carbonyl (C=O) groups excluding carboxylic acids is 2. The minimum Gasteiger partial charge on any atom is -0.483 e. The van der Waals surface area contributed by atoms with Crippen molar-refractivity contribution in [2.75, 3.05) is 13.7 Å². The first kappa shape index (κ1) is 24.1. The van der Waals surface area contributed by atoms with E-state index in [9.17, 15) is 9.59 Å². The number of amides is 2. The SMILES string of the molecule is CNC(=O)C(Cc1ccccc1)N(Cc1cccc(C)c1)C(=O)COc1cccc(C)c1C. The summed E-state index contributed by atoms with van der Waals surface area (Å²) >= 11 is 0. The van der Waals surface area contributed by atoms with Crippen LogP contribution in [-0.4, -0.2) is 36.4 Å². The van der Waals surface area contributed by atoms with Crippen LogP contribution in [0.15, 0.2) is 72.8 Å². The molecule has 3 rings (SSSR count). The van der Waals surface area contributed by atoms with E-state index in [1.807, 2.05) is 93.6 Å². The Morgan fingerprint density at radius 3 is 2.30 bits per heavy atom. The van der Waals surface area contributed by atoms with E-state index >= 15 is 0 Å². The molecule has 3 aromatic carbocycles. The number of ether oxygens (including phenoxy) is 1. The largest absolute Gasteiger partial charge is 0.483 e. The Morgan fingerprint density at radius 1 is 0.909 bits per heavy atom. The summed E-state index contributed by atoms with van der Waals surface area (Å²) in [4.78, 5) is 28.1. The van der Waals surface area contributed by atoms with E-state index in [1.54, 1.807) is 11.9 Å². The Labute approximate surface area is 196 Å². The first-order valence-corrected chi connectivity index (χ1v) is 11.2. The lowest BCUT2D eigenvalue weighted by atomic mass is 10.0. The van der Waals surface area contributed by atoms with Crippen LogP contribution in [0.3, 0.4) is 0 Å². The fraction of sp³-hybridized carbons (Fsp3) is 0.286. The van der Waals surface area contributed by atoms with Crippen molar-refractivity contribution in [3.63, 3.8) is 0 Å². The molecule has 1 atom stereocenters. The second-order valence-corrected chi connectivity index (χ2v) is 8.32. The van der Waals surface area contributed by atoms with Crippen molar-refractivity contribution >= 4 is 11.8 Å². The van der Waals surface area contributed by atoms with Gasteiger partial charge in [0.15, 0.2) is 6.61 Å². The van der Waals surface area contributed by atoms with Crippen LogP contribution in [0.5, 0.6) is 5.75 Å². The van der Waals surface area contributed by atoms with E-state index in [-0.39, 0.29) is 18.4 Å². The van der Waals surface area contributed by atoms with Gasteiger partial charge in [0.2, 0.25) is 5.91 Å². The van der Waals surface area contributed by atoms with Crippen LogP contribution in [-0.2, 0) is 22.6 Å². The summed E-state index contributed by atoms with van der Waals surface area (Å²) < 4.78 is 5.91. The maximum atomic E-state index is 13.5. The molecule has 33 heavy (non-hydrogen) atoms. The van der Waals surface area contributed by atoms with Crippen LogP contribution in [0.4, 0.5) is 0 Å². The molecule has 0 radical (unpaired) electrons. The zero-order valence-corrected chi connectivity index (χ0v) is 19.8. The van der Waals surface area contributed by atoms with E-state index in [4.69, 9.17) is 4.74 Å². The van der Waals surface area contributed by atoms with Gasteiger partial charge in [-0.1, -0.05) is 72.3 Å². The fourth-order valence-electron chi connectivity index (χ4n) is 3.83. The van der Waals surface area contributed by atoms with Gasteiger partial charge in [0, 0.05) is 20.0 Å². The lowest BCUT2D eigenvalue weighted by Gasteiger charge is -2.31. The molecular formula is C28H32N2O3. The van der Waals surface area contributed by atoms with E-state index < -0.39 is 6.04 Å². The van der Waals surface area contributed by atoms with Gasteiger partial charge >= 0.3 is 0 Å². The van der Waals surface area contributed by atoms with Crippen LogP contribution in [0, 0.1) is 20.8 Å². The van der Waals surface area contributed by atoms with Crippen molar-refractivity contribution in [3.8, 4) is 5.75 Å². The fourth-order valence-corrected chi connectivity index (χ4v) is 3.83. The third-order valence-electron chi connectivity index (χ3n) is 5.86. The summed E-state index contributed by atoms with van der Waals surface area (Å²) in [5, 5.41) is 2.73. The molecule has 0 aromatic heterocycles. The molecule has 5 nitrogen and oxygen atoms in total. The highest BCUT2D eigenvalue weighted by atomic mass is 16.5. The van der Waals surface area contributed by atoms with E-state index in [0.29, 0.717) is 18.7 Å². The molecule has 5 heteroatoms. The van der Waals surface area contributed by atoms with Crippen LogP contribution in [0.25, 0.3) is 0 Å². The van der Waals surface area contributed by atoms with Gasteiger partial charge in [-0.2, -0.15) is 0 Å². The van der Waals surface area contributed by atoms with Crippen molar-refractivity contribution in [2.24, 2.45) is 0 Å². The smallest absolute Gasteiger partial charge is 0.261 e. The molecule has 0 aliphatic heterocycles. The molecule has 172 valence electrons. The first-order valence-electron chi connectivity index (χ1n) is 11.2. The summed E-state index contributed by atoms with van der Waals surface area (Å²) in [6.45, 7) is 6.18. The number of nitrogens with zero attached hydrogens (tertiary/aromatic N) is 1. The average molecular weight is 445 g/mol. The second kappa shape index (κ2) is 11.3. The maximum Gasteiger partial charge on any atom is 0.261 e. The Kier molecular flexibility index (Phi) is 8.25. The second-order valence-electron chi connectivity index (χ2n) is 8.32. The quantitative estimate of drug-likeness (QED) is 0.533. The molecule has 0 spiro atoms. The molecule has 1 unspecified atom stereocenters. The van der Waals surface area contributed by atoms with Gasteiger partial charge in [-0.15, -0.1) is 0 Å². The normalized spacial score (nSPS) is 11.5. The third-order valence-corrected chi connectivity index (χ3v) is 5.86. The van der Waals surface area contributed by atoms with Gasteiger partial charge in [0.05, 0.1) is 0 Å². The first-order chi connectivity index (χ1) is 15.9. The van der Waals surface area contributed by atoms with Gasteiger partial charge < -0.3 is 15.0 Å². The number of rotatable bonds is 9. The van der Waals surface area contributed by atoms with E-state index in [2.05, 4.69) is 5.32 Å². The minimum absolute atomic E-state index is 0.140. The number of nitrogens with one attached hydrogen (secondary N) is 1. The van der Waals surface area contributed by atoms with Crippen molar-refractivity contribution in [3.05, 3.63) is 101 Å². The van der Waals surface area contributed by atoms with Crippen LogP contribution in [0.1, 0.15) is 27.8 Å². The number of benzene rings is 3. The summed E-state index contributed by atoms with van der Waals surface area (Å²) in [5.74, 6) is 0.243. The molecule has 0 saturated heterocycles. The Bertz CT molecular complexity index is 1100. The zero-order chi connectivity index (χ0) is 23.8. The van der Waals surface area contributed by atoms with Gasteiger partial charge in [-0.25, -0.2) is 0 Å². The highest BCUT2D eigenvalue weighted by Crippen LogP contribution is 2.21. The third kappa shape index (κ3) is 6.45. The van der Waals surface area contributed by atoms with Crippen molar-refractivity contribution in [2.45, 2.75) is 39.8 Å². The van der Waals surface area contributed by atoms with Gasteiger partial charge in [0.25, 0.3) is 5.91 Å². The van der Waals surface area contributed by atoms with E-state index in [0.717, 1.165) is 27.8 Å². The van der Waals surface area contributed by atoms with Gasteiger partial charge in [-0.05, 0) is 49.1 Å². The average Bonchev–Trinajstić information content (AvgIpc) is 2.82. The number of carbonyl (C=O) groups is 2. The molecule has 0 aliphatic rings. The minimum atomic E-state index is -0.660. The number of aryl methyl sites for hydroxylation is 2. The van der Waals surface area contributed by atoms with Crippen molar-refractivity contribution in [1.29, 1.82) is 0 Å². The zero-order valence-electron chi connectivity index (χ0n) is 19.8. The van der Waals surface area contributed by atoms with Crippen LogP contribution in [0.2, 0.25) is 0 Å². The monoisotopic (exact) mass is 444 g/mol. The lowest BCUT2D eigenvalue weighted by Crippen LogP contribution is -2.51. The summed E-state index contributed by atoms with van der Waals surface area (Å²) in [7, 11) is 1.60. The van der Waals surface area contributed by atoms with Crippen LogP contribution < -0.4 is 10.1 Å². The molecule has 2 amide bonds. The molecule has 1 N–H and O–H groups in total. The summed E-state index contributed by atoms with van der Waals surface area (Å²) in [5.41, 5.74) is 5.17. The lowest BCUT2D eigenvalue weighted by molar-refractivity contribution is -0.142. The predicted molar refractivity (Wildman–Crippen MR) is 131 cm³/mol. The van der Waals surface area contributed by atoms with Crippen LogP contribution >= 0.6 is 0 Å². The predicted octanol–water partition coefficient (Wildman–Crippen LogP) is 4.38. The highest BCUT2D eigenvalue weighted by Gasteiger charge is 2.30. The number of hydrogen-bond acceptors (Lipinski definition) is 3. The Hall–Kier alpha value is -3.60.